The molecule has 2 heterocycles. The van der Waals surface area contributed by atoms with E-state index in [4.69, 9.17) is 18.9 Å². The summed E-state index contributed by atoms with van der Waals surface area (Å²) in [5.74, 6) is 8.74. The van der Waals surface area contributed by atoms with E-state index in [1.807, 2.05) is 127 Å². The third kappa shape index (κ3) is 9.28. The average molecular weight is 1110 g/mol. The molecule has 0 spiro atoms. The number of ether oxygens (including phenoxy) is 5. The van der Waals surface area contributed by atoms with Crippen molar-refractivity contribution in [1.82, 2.24) is 0 Å². The van der Waals surface area contributed by atoms with E-state index in [0.29, 0.717) is 19.1 Å². The van der Waals surface area contributed by atoms with Gasteiger partial charge in [-0.05, 0) is 182 Å². The van der Waals surface area contributed by atoms with Crippen LogP contribution in [0.15, 0.2) is 170 Å². The smallest absolute Gasteiger partial charge is 0.330 e. The Labute approximate surface area is 481 Å². The number of carbonyl (C=O) groups is 4. The summed E-state index contributed by atoms with van der Waals surface area (Å²) >= 11 is 0. The van der Waals surface area contributed by atoms with E-state index in [9.17, 15) is 19.2 Å². The van der Waals surface area contributed by atoms with Gasteiger partial charge in [-0.3, -0.25) is 4.79 Å². The summed E-state index contributed by atoms with van der Waals surface area (Å²) in [5, 5.41) is 2.34. The van der Waals surface area contributed by atoms with Crippen molar-refractivity contribution in [2.24, 2.45) is 35.5 Å². The van der Waals surface area contributed by atoms with Crippen molar-refractivity contribution in [3.63, 3.8) is 0 Å². The molecular formula is C72H71O9P. The molecule has 10 heteroatoms. The molecule has 9 nitrogen and oxygen atoms in total. The minimum absolute atomic E-state index is 0.0976. The summed E-state index contributed by atoms with van der Waals surface area (Å²) in [5.41, 5.74) is 9.50. The zero-order valence-electron chi connectivity index (χ0n) is 46.9. The molecule has 2 aliphatic heterocycles. The molecule has 8 saturated carbocycles. The SMILES string of the molecule is CC(=O)P(C=O)(c1ccccc1)(c1ccccc1)c1ccccc1.COC(=O)/C=C/c1ccc(-c2cc3c(c(C45CC6CC(CC(C6)C4)C5)c2)OCO3)cc1.O=Cc1ccc(-c2cc3c(c(C45CC6CC(CC(C6)C4)C5)c2)OCO3)cc1. The quantitative estimate of drug-likeness (QED) is 0.0510. The van der Waals surface area contributed by atoms with Crippen molar-refractivity contribution in [2.45, 2.75) is 94.8 Å². The van der Waals surface area contributed by atoms with Crippen molar-refractivity contribution in [3.8, 4) is 45.3 Å². The molecule has 418 valence electrons. The van der Waals surface area contributed by atoms with Crippen molar-refractivity contribution in [2.75, 3.05) is 20.7 Å². The number of hydrogen-bond acceptors (Lipinski definition) is 9. The second-order valence-corrected chi connectivity index (χ2v) is 29.7. The molecular weight excluding hydrogens is 1040 g/mol. The first-order valence-corrected chi connectivity index (χ1v) is 31.8. The molecule has 82 heavy (non-hydrogen) atoms. The zero-order valence-corrected chi connectivity index (χ0v) is 47.8. The van der Waals surface area contributed by atoms with Gasteiger partial charge in [0.05, 0.1) is 7.11 Å². The van der Waals surface area contributed by atoms with E-state index in [0.717, 1.165) is 103 Å². The Bertz CT molecular complexity index is 3400. The Morgan fingerprint density at radius 2 is 0.841 bits per heavy atom. The summed E-state index contributed by atoms with van der Waals surface area (Å²) in [7, 11) is 1.39. The minimum atomic E-state index is -3.85. The van der Waals surface area contributed by atoms with Gasteiger partial charge >= 0.3 is 148 Å². The molecule has 10 aliphatic rings. The number of benzene rings is 7. The van der Waals surface area contributed by atoms with Gasteiger partial charge in [0.15, 0.2) is 23.0 Å². The number of aldehydes is 1. The van der Waals surface area contributed by atoms with Crippen molar-refractivity contribution in [1.29, 1.82) is 0 Å². The molecule has 0 unspecified atom stereocenters. The predicted octanol–water partition coefficient (Wildman–Crippen LogP) is 14.4. The second-order valence-electron chi connectivity index (χ2n) is 24.9. The van der Waals surface area contributed by atoms with Gasteiger partial charge in [0.2, 0.25) is 13.6 Å². The van der Waals surface area contributed by atoms with E-state index < -0.39 is 6.60 Å². The van der Waals surface area contributed by atoms with Crippen LogP contribution in [0.5, 0.6) is 23.0 Å². The molecule has 0 saturated heterocycles. The molecule has 0 amide bonds. The van der Waals surface area contributed by atoms with E-state index in [1.54, 1.807) is 13.0 Å². The fourth-order valence-electron chi connectivity index (χ4n) is 17.3. The van der Waals surface area contributed by atoms with Gasteiger partial charge in [-0.25, -0.2) is 4.79 Å². The molecule has 0 aromatic heterocycles. The van der Waals surface area contributed by atoms with Crippen molar-refractivity contribution >= 4 is 52.4 Å². The van der Waals surface area contributed by atoms with Gasteiger partial charge < -0.3 is 23.7 Å². The third-order valence-corrected chi connectivity index (χ3v) is 26.0. The Balaban J connectivity index is 0.000000117. The maximum absolute atomic E-state index is 13.2. The van der Waals surface area contributed by atoms with Crippen LogP contribution in [0.25, 0.3) is 28.3 Å². The van der Waals surface area contributed by atoms with Crippen LogP contribution in [-0.2, 0) is 30.0 Å². The van der Waals surface area contributed by atoms with Crippen LogP contribution in [0.2, 0.25) is 0 Å². The molecule has 7 aromatic carbocycles. The molecule has 8 bridgehead atoms. The molecule has 0 atom stereocenters. The normalized spacial score (nSPS) is 25.9. The Morgan fingerprint density at radius 1 is 0.476 bits per heavy atom. The molecule has 0 radical (unpaired) electrons. The van der Waals surface area contributed by atoms with Crippen molar-refractivity contribution in [3.05, 3.63) is 192 Å². The van der Waals surface area contributed by atoms with E-state index in [1.165, 1.54) is 112 Å². The van der Waals surface area contributed by atoms with Gasteiger partial charge in [0, 0.05) is 22.8 Å². The third-order valence-electron chi connectivity index (χ3n) is 20.1. The maximum Gasteiger partial charge on any atom is 0.330 e. The van der Waals surface area contributed by atoms with Crippen LogP contribution >= 0.6 is 6.60 Å². The van der Waals surface area contributed by atoms with Gasteiger partial charge in [-0.1, -0.05) is 48.5 Å². The van der Waals surface area contributed by atoms with E-state index in [-0.39, 0.29) is 22.3 Å². The predicted molar refractivity (Wildman–Crippen MR) is 325 cm³/mol. The first-order chi connectivity index (χ1) is 40.0. The fraction of sp³-hybridized carbons (Fsp3) is 0.333. The average Bonchev–Trinajstić information content (AvgIpc) is 1.98. The van der Waals surface area contributed by atoms with Crippen LogP contribution in [0.3, 0.4) is 0 Å². The van der Waals surface area contributed by atoms with Crippen LogP contribution in [0, 0.1) is 35.5 Å². The largest absolute Gasteiger partial charge is 0.466 e. The van der Waals surface area contributed by atoms with Crippen LogP contribution in [0.4, 0.5) is 0 Å². The van der Waals surface area contributed by atoms with Crippen molar-refractivity contribution < 1.29 is 42.9 Å². The number of carbonyl (C=O) groups excluding carboxylic acids is 4. The van der Waals surface area contributed by atoms with Crippen LogP contribution < -0.4 is 34.9 Å². The van der Waals surface area contributed by atoms with Gasteiger partial charge in [-0.15, -0.1) is 0 Å². The molecule has 0 N–H and O–H groups in total. The van der Waals surface area contributed by atoms with Gasteiger partial charge in [0.25, 0.3) is 0 Å². The first kappa shape index (κ1) is 53.7. The fourth-order valence-corrected chi connectivity index (χ4v) is 22.1. The van der Waals surface area contributed by atoms with Crippen LogP contribution in [-0.4, -0.2) is 44.5 Å². The molecule has 7 aromatic rings. The zero-order chi connectivity index (χ0) is 56.1. The standard InChI is InChI=1S/C27H28O4.C24H24O3.C21H19O2P/c1-29-25(28)7-4-17-2-5-21(6-3-17)22-11-23(26-24(12-22)30-16-31-26)27-13-18-8-19(14-27)10-20(9-18)15-27;25-13-15-1-3-19(4-2-15)20-8-21(23-22(9-20)26-14-27-23)24-10-16-5-17(11-24)7-18(6-16)12-24;1-18(23)24(17-22,19-11-5-2-6-12-19,20-13-7-3-8-14-20)21-15-9-4-10-16-21/h2-7,11-12,18-20H,8-10,13-16H2,1H3;1-4,8-9,13,16-18H,5-7,10-12,14H2;2-17H,1H3/b7-4+;;. The number of fused-ring (bicyclic) bond motifs is 2. The molecule has 17 rings (SSSR count). The summed E-state index contributed by atoms with van der Waals surface area (Å²) < 4.78 is 28.4. The van der Waals surface area contributed by atoms with Gasteiger partial charge in [-0.2, -0.15) is 0 Å². The Hall–Kier alpha value is -7.61. The van der Waals surface area contributed by atoms with Gasteiger partial charge in [0.1, 0.15) is 6.29 Å². The maximum atomic E-state index is 13.2. The second kappa shape index (κ2) is 21.6. The summed E-state index contributed by atoms with van der Waals surface area (Å²) in [6, 6.07) is 54.4. The summed E-state index contributed by atoms with van der Waals surface area (Å²) in [6.07, 6.45) is 20.5. The number of hydrogen-bond donors (Lipinski definition) is 0. The first-order valence-electron chi connectivity index (χ1n) is 29.5. The van der Waals surface area contributed by atoms with E-state index in [2.05, 4.69) is 41.1 Å². The molecule has 8 fully saturated rings. The Morgan fingerprint density at radius 3 is 1.17 bits per heavy atom. The summed E-state index contributed by atoms with van der Waals surface area (Å²) in [6.45, 7) is -1.68. The monoisotopic (exact) mass is 1110 g/mol. The minimum Gasteiger partial charge on any atom is -0.466 e. The Kier molecular flexibility index (Phi) is 14.2. The molecule has 8 aliphatic carbocycles. The number of methoxy groups -OCH3 is 1. The topological polar surface area (TPSA) is 114 Å². The number of esters is 1. The van der Waals surface area contributed by atoms with E-state index >= 15 is 0 Å². The number of rotatable bonds is 12. The van der Waals surface area contributed by atoms with Crippen LogP contribution in [0.1, 0.15) is 111 Å². The summed E-state index contributed by atoms with van der Waals surface area (Å²) in [4.78, 5) is 48.4.